The van der Waals surface area contributed by atoms with Crippen molar-refractivity contribution in [2.45, 2.75) is 11.8 Å². The van der Waals surface area contributed by atoms with Gasteiger partial charge in [0.1, 0.15) is 54.3 Å². The van der Waals surface area contributed by atoms with Crippen LogP contribution in [-0.2, 0) is 37.9 Å². The molecule has 0 radical (unpaired) electrons. The lowest BCUT2D eigenvalue weighted by Crippen LogP contribution is -2.12. The molecule has 81 heavy (non-hydrogen) atoms. The van der Waals surface area contributed by atoms with Gasteiger partial charge in [0.2, 0.25) is 0 Å². The number of aliphatic hydroxyl groups excluding tert-OH is 4. The maximum absolute atomic E-state index is 9.49. The molecule has 6 aromatic rings. The highest BCUT2D eigenvalue weighted by molar-refractivity contribution is 6.17. The van der Waals surface area contributed by atoms with Gasteiger partial charge in [-0.3, -0.25) is 0 Å². The van der Waals surface area contributed by atoms with Crippen LogP contribution in [-0.4, -0.2) is 194 Å². The highest BCUT2D eigenvalue weighted by atomic mass is 35.5. The van der Waals surface area contributed by atoms with E-state index in [4.69, 9.17) is 84.1 Å². The second-order valence-corrected chi connectivity index (χ2v) is 17.8. The van der Waals surface area contributed by atoms with Gasteiger partial charge in [-0.1, -0.05) is 72.8 Å². The zero-order chi connectivity index (χ0) is 57.8. The van der Waals surface area contributed by atoms with Gasteiger partial charge in [0.25, 0.3) is 0 Å². The van der Waals surface area contributed by atoms with E-state index in [0.717, 1.165) is 50.6 Å². The number of aromatic hydroxyl groups is 3. The number of benzene rings is 6. The summed E-state index contributed by atoms with van der Waals surface area (Å²) in [5, 5.41) is 63.0. The molecule has 0 aromatic heterocycles. The monoisotopic (exact) mass is 1150 g/mol. The quantitative estimate of drug-likeness (QED) is 0.0113. The van der Waals surface area contributed by atoms with Gasteiger partial charge < -0.3 is 87.9 Å². The molecule has 6 rings (SSSR count). The minimum Gasteiger partial charge on any atom is -0.508 e. The Hall–Kier alpha value is -6.07. The highest BCUT2D eigenvalue weighted by Gasteiger charge is 2.19. The fourth-order valence-corrected chi connectivity index (χ4v) is 7.79. The highest BCUT2D eigenvalue weighted by Crippen LogP contribution is 2.36. The summed E-state index contributed by atoms with van der Waals surface area (Å²) in [4.78, 5) is 0. The summed E-state index contributed by atoms with van der Waals surface area (Å²) >= 11 is 5.34. The number of halogens is 1. The third-order valence-corrected chi connectivity index (χ3v) is 11.6. The molecule has 0 aliphatic heterocycles. The molecule has 0 aliphatic rings. The van der Waals surface area contributed by atoms with Crippen molar-refractivity contribution in [2.75, 3.05) is 158 Å². The Morgan fingerprint density at radius 2 is 0.432 bits per heavy atom. The summed E-state index contributed by atoms with van der Waals surface area (Å²) in [5.74, 6) is 3.33. The molecule has 0 atom stereocenters. The van der Waals surface area contributed by atoms with E-state index < -0.39 is 0 Å². The summed E-state index contributed by atoms with van der Waals surface area (Å²) in [6.45, 7) is 8.20. The Balaban J connectivity index is 0.000000357. The van der Waals surface area contributed by atoms with Crippen LogP contribution in [0.5, 0.6) is 34.5 Å². The molecule has 0 aliphatic carbocycles. The predicted octanol–water partition coefficient (Wildman–Crippen LogP) is 7.31. The Bertz CT molecular complexity index is 2150. The van der Waals surface area contributed by atoms with Crippen LogP contribution in [0.1, 0.15) is 45.2 Å². The normalized spacial score (nSPS) is 11.0. The largest absolute Gasteiger partial charge is 0.508 e. The molecule has 0 saturated carbocycles. The van der Waals surface area contributed by atoms with Gasteiger partial charge in [-0.25, -0.2) is 0 Å². The van der Waals surface area contributed by atoms with E-state index >= 15 is 0 Å². The minimum atomic E-state index is -0.0519. The Morgan fingerprint density at radius 1 is 0.247 bits per heavy atom. The zero-order valence-electron chi connectivity index (χ0n) is 46.0. The van der Waals surface area contributed by atoms with E-state index in [0.29, 0.717) is 131 Å². The van der Waals surface area contributed by atoms with Crippen LogP contribution in [0.2, 0.25) is 0 Å². The van der Waals surface area contributed by atoms with Gasteiger partial charge in [0.05, 0.1) is 132 Å². The number of hydrogen-bond donors (Lipinski definition) is 7. The van der Waals surface area contributed by atoms with Crippen LogP contribution < -0.4 is 14.2 Å². The van der Waals surface area contributed by atoms with E-state index in [1.807, 2.05) is 72.8 Å². The summed E-state index contributed by atoms with van der Waals surface area (Å²) < 4.78 is 59.7. The first-order valence-electron chi connectivity index (χ1n) is 27.0. The first kappa shape index (κ1) is 67.4. The molecule has 6 aromatic carbocycles. The fourth-order valence-electron chi connectivity index (χ4n) is 7.68. The summed E-state index contributed by atoms with van der Waals surface area (Å²) in [7, 11) is 0. The average molecular weight is 1150 g/mol. The second kappa shape index (κ2) is 43.6. The summed E-state index contributed by atoms with van der Waals surface area (Å²) in [5.41, 5.74) is 6.36. The predicted molar refractivity (Wildman–Crippen MR) is 308 cm³/mol. The first-order chi connectivity index (χ1) is 39.8. The van der Waals surface area contributed by atoms with Crippen LogP contribution in [0, 0.1) is 0 Å². The molecular weight excluding hydrogens is 1070 g/mol. The van der Waals surface area contributed by atoms with Gasteiger partial charge >= 0.3 is 0 Å². The van der Waals surface area contributed by atoms with Crippen molar-refractivity contribution < 1.29 is 87.9 Å². The number of phenolic OH excluding ortho intramolecular Hbond substituents is 3. The summed E-state index contributed by atoms with van der Waals surface area (Å²) in [6, 6.07) is 45.4. The number of phenols is 3. The van der Waals surface area contributed by atoms with Crippen LogP contribution >= 0.6 is 11.6 Å². The van der Waals surface area contributed by atoms with Crippen molar-refractivity contribution in [1.29, 1.82) is 0 Å². The molecule has 0 fully saturated rings. The lowest BCUT2D eigenvalue weighted by molar-refractivity contribution is 0.0247. The lowest BCUT2D eigenvalue weighted by Gasteiger charge is -2.20. The van der Waals surface area contributed by atoms with Gasteiger partial charge in [-0.15, -0.1) is 11.6 Å². The third kappa shape index (κ3) is 29.0. The lowest BCUT2D eigenvalue weighted by atomic mass is 9.85. The van der Waals surface area contributed by atoms with Crippen molar-refractivity contribution >= 4 is 11.6 Å². The molecule has 0 heterocycles. The molecule has 0 bridgehead atoms. The van der Waals surface area contributed by atoms with Gasteiger partial charge in [0, 0.05) is 17.7 Å². The van der Waals surface area contributed by atoms with Gasteiger partial charge in [0.15, 0.2) is 0 Å². The van der Waals surface area contributed by atoms with Crippen LogP contribution in [0.15, 0.2) is 146 Å². The van der Waals surface area contributed by atoms with Crippen molar-refractivity contribution in [2.24, 2.45) is 0 Å². The van der Waals surface area contributed by atoms with Crippen LogP contribution in [0.4, 0.5) is 0 Å². The molecule has 7 N–H and O–H groups in total. The molecule has 0 spiro atoms. The number of ether oxygens (including phenoxy) is 11. The van der Waals surface area contributed by atoms with E-state index in [-0.39, 0.29) is 55.5 Å². The zero-order valence-corrected chi connectivity index (χ0v) is 46.7. The van der Waals surface area contributed by atoms with E-state index in [9.17, 15) is 15.3 Å². The van der Waals surface area contributed by atoms with Crippen molar-refractivity contribution in [3.05, 3.63) is 179 Å². The smallest absolute Gasteiger partial charge is 0.119 e. The van der Waals surface area contributed by atoms with Crippen molar-refractivity contribution in [3.8, 4) is 34.5 Å². The van der Waals surface area contributed by atoms with Crippen molar-refractivity contribution in [3.63, 3.8) is 0 Å². The molecule has 19 heteroatoms. The maximum atomic E-state index is 9.49. The maximum Gasteiger partial charge on any atom is 0.119 e. The van der Waals surface area contributed by atoms with E-state index in [1.165, 1.54) is 0 Å². The van der Waals surface area contributed by atoms with Crippen LogP contribution in [0.25, 0.3) is 0 Å². The van der Waals surface area contributed by atoms with Gasteiger partial charge in [-0.2, -0.15) is 0 Å². The SMILES string of the molecule is OCCOCCOCCCl.OCCOCCOCCOc1ccc(C(c2ccc(OCCOCCOCCO)cc2)c2ccc(OCCOCCOCCO)cc2)cc1.Oc1ccc(C(c2ccc(O)cc2)c2ccc(O)cc2)cc1. The summed E-state index contributed by atoms with van der Waals surface area (Å²) in [6.07, 6.45) is 0. The van der Waals surface area contributed by atoms with E-state index in [2.05, 4.69) is 36.4 Å². The third-order valence-electron chi connectivity index (χ3n) is 11.5. The molecule has 444 valence electrons. The number of hydrogen-bond acceptors (Lipinski definition) is 18. The Labute approximate surface area is 480 Å². The average Bonchev–Trinajstić information content (AvgIpc) is 3.64. The minimum absolute atomic E-state index is 0.00105. The fraction of sp³-hybridized carbons (Fsp3) is 0.419. The number of aliphatic hydroxyl groups is 4. The van der Waals surface area contributed by atoms with Gasteiger partial charge in [-0.05, 0) is 106 Å². The van der Waals surface area contributed by atoms with Crippen molar-refractivity contribution in [1.82, 2.24) is 0 Å². The number of alkyl halides is 1. The van der Waals surface area contributed by atoms with Crippen LogP contribution in [0.3, 0.4) is 0 Å². The standard InChI is InChI=1S/C37H52O12.C19H16O3.C6H13ClO3/c38-13-16-41-19-22-44-25-28-47-34-7-1-31(2-8-34)37(32-3-9-35(10-4-32)48-29-26-45-23-20-42-17-14-39)33-5-11-36(12-6-33)49-30-27-46-24-21-43-18-15-40;20-16-7-1-13(2-8-16)19(14-3-9-17(21)10-4-14)15-5-11-18(22)12-6-15;7-1-3-9-5-6-10-4-2-8/h1-12,37-40H,13-30H2;1-12,19-22H;8H,1-6H2. The molecule has 0 saturated heterocycles. The molecule has 0 amide bonds. The molecule has 0 unspecified atom stereocenters. The van der Waals surface area contributed by atoms with E-state index in [1.54, 1.807) is 36.4 Å². The molecule has 18 nitrogen and oxygen atoms in total. The topological polar surface area (TPSA) is 243 Å². The number of rotatable bonds is 40. The second-order valence-electron chi connectivity index (χ2n) is 17.4. The Kier molecular flexibility index (Phi) is 36.3. The molecular formula is C62H81ClO18. The first-order valence-corrected chi connectivity index (χ1v) is 27.5. The Morgan fingerprint density at radius 3 is 0.642 bits per heavy atom.